The van der Waals surface area contributed by atoms with Crippen LogP contribution in [0.2, 0.25) is 10.0 Å². The first kappa shape index (κ1) is 18.2. The Morgan fingerprint density at radius 2 is 1.72 bits per heavy atom. The molecule has 0 saturated heterocycles. The summed E-state index contributed by atoms with van der Waals surface area (Å²) in [5.74, 6) is -1.67. The number of carbonyl (C=O) groups is 2. The van der Waals surface area contributed by atoms with Crippen molar-refractivity contribution in [1.82, 2.24) is 0 Å². The summed E-state index contributed by atoms with van der Waals surface area (Å²) in [5.41, 5.74) is 2.52. The van der Waals surface area contributed by atoms with Gasteiger partial charge in [-0.05, 0) is 49.2 Å². The Morgan fingerprint density at radius 3 is 2.36 bits per heavy atom. The molecule has 0 aliphatic carbocycles. The number of rotatable bonds is 2. The molecule has 25 heavy (non-hydrogen) atoms. The van der Waals surface area contributed by atoms with Crippen LogP contribution in [0.3, 0.4) is 0 Å². The predicted molar refractivity (Wildman–Crippen MR) is 102 cm³/mol. The lowest BCUT2D eigenvalue weighted by atomic mass is 9.87. The van der Waals surface area contributed by atoms with Crippen LogP contribution in [0, 0.1) is 6.92 Å². The van der Waals surface area contributed by atoms with Crippen LogP contribution in [0.4, 0.5) is 0 Å². The summed E-state index contributed by atoms with van der Waals surface area (Å²) in [6.07, 6.45) is 0. The number of Topliss-reactive ketones (excluding diaryl/α,β-unsaturated/α-hetero) is 1. The Hall–Kier alpha value is -1.62. The van der Waals surface area contributed by atoms with Crippen molar-refractivity contribution in [3.8, 4) is 0 Å². The molecule has 0 amide bonds. The second kappa shape index (κ2) is 6.94. The lowest BCUT2D eigenvalue weighted by Crippen LogP contribution is -2.30. The summed E-state index contributed by atoms with van der Waals surface area (Å²) < 4.78 is 6.20. The fraction of sp³-hybridized carbons (Fsp3) is 0.158. The number of hydrogen-bond donors (Lipinski definition) is 0. The Morgan fingerprint density at radius 1 is 1.00 bits per heavy atom. The topological polar surface area (TPSA) is 43.4 Å². The highest BCUT2D eigenvalue weighted by Crippen LogP contribution is 2.37. The van der Waals surface area contributed by atoms with Crippen LogP contribution >= 0.6 is 39.1 Å². The highest BCUT2D eigenvalue weighted by atomic mass is 79.9. The van der Waals surface area contributed by atoms with Crippen molar-refractivity contribution in [1.29, 1.82) is 0 Å². The second-order valence-electron chi connectivity index (χ2n) is 5.83. The number of benzene rings is 2. The van der Waals surface area contributed by atoms with E-state index in [0.29, 0.717) is 31.2 Å². The molecule has 0 spiro atoms. The molecule has 6 heteroatoms. The standard InChI is InChI=1S/C19H13BrCl2O3/c1-9-3-5-12(13(20)7-9)16-17(23)10(2)18(25-19(16)24)11-4-6-14(21)15(22)8-11/h3-8,16H,1-2H3. The van der Waals surface area contributed by atoms with Crippen molar-refractivity contribution in [2.24, 2.45) is 0 Å². The molecule has 0 radical (unpaired) electrons. The van der Waals surface area contributed by atoms with Gasteiger partial charge in [0, 0.05) is 15.6 Å². The van der Waals surface area contributed by atoms with Gasteiger partial charge in [-0.3, -0.25) is 9.59 Å². The monoisotopic (exact) mass is 438 g/mol. The smallest absolute Gasteiger partial charge is 0.326 e. The van der Waals surface area contributed by atoms with Gasteiger partial charge >= 0.3 is 5.97 Å². The highest BCUT2D eigenvalue weighted by Gasteiger charge is 2.39. The minimum atomic E-state index is -0.985. The Kier molecular flexibility index (Phi) is 5.05. The van der Waals surface area contributed by atoms with Crippen LogP contribution in [0.1, 0.15) is 29.5 Å². The summed E-state index contributed by atoms with van der Waals surface area (Å²) in [7, 11) is 0. The van der Waals surface area contributed by atoms with Gasteiger partial charge in [0.15, 0.2) is 5.78 Å². The van der Waals surface area contributed by atoms with Crippen molar-refractivity contribution >= 4 is 56.6 Å². The highest BCUT2D eigenvalue weighted by molar-refractivity contribution is 9.10. The van der Waals surface area contributed by atoms with E-state index in [0.717, 1.165) is 5.56 Å². The maximum atomic E-state index is 12.9. The van der Waals surface area contributed by atoms with Gasteiger partial charge in [-0.15, -0.1) is 0 Å². The fourth-order valence-corrected chi connectivity index (χ4v) is 3.74. The van der Waals surface area contributed by atoms with E-state index in [4.69, 9.17) is 27.9 Å². The number of hydrogen-bond acceptors (Lipinski definition) is 3. The van der Waals surface area contributed by atoms with Crippen LogP contribution in [-0.4, -0.2) is 11.8 Å². The largest absolute Gasteiger partial charge is 0.425 e. The van der Waals surface area contributed by atoms with Gasteiger partial charge in [0.25, 0.3) is 0 Å². The Balaban J connectivity index is 2.06. The molecule has 1 aliphatic rings. The first-order valence-corrected chi connectivity index (χ1v) is 9.02. The van der Waals surface area contributed by atoms with Crippen molar-refractivity contribution in [2.75, 3.05) is 0 Å². The summed E-state index contributed by atoms with van der Waals surface area (Å²) >= 11 is 15.4. The van der Waals surface area contributed by atoms with E-state index in [1.165, 1.54) is 0 Å². The van der Waals surface area contributed by atoms with Gasteiger partial charge in [-0.1, -0.05) is 51.3 Å². The van der Waals surface area contributed by atoms with Crippen LogP contribution in [0.5, 0.6) is 0 Å². The third-order valence-corrected chi connectivity index (χ3v) is 5.49. The number of carbonyl (C=O) groups excluding carboxylic acids is 2. The van der Waals surface area contributed by atoms with Crippen molar-refractivity contribution in [3.63, 3.8) is 0 Å². The number of ketones is 1. The van der Waals surface area contributed by atoms with Gasteiger partial charge in [0.05, 0.1) is 10.0 Å². The number of ether oxygens (including phenoxy) is 1. The van der Waals surface area contributed by atoms with E-state index in [9.17, 15) is 9.59 Å². The average Bonchev–Trinajstić information content (AvgIpc) is 2.55. The number of halogens is 3. The average molecular weight is 440 g/mol. The summed E-state index contributed by atoms with van der Waals surface area (Å²) in [6, 6.07) is 10.3. The molecule has 0 saturated carbocycles. The fourth-order valence-electron chi connectivity index (χ4n) is 2.72. The van der Waals surface area contributed by atoms with Gasteiger partial charge in [0.1, 0.15) is 11.7 Å². The molecular formula is C19H13BrCl2O3. The van der Waals surface area contributed by atoms with Gasteiger partial charge in [-0.2, -0.15) is 0 Å². The van der Waals surface area contributed by atoms with E-state index >= 15 is 0 Å². The molecule has 0 bridgehead atoms. The second-order valence-corrected chi connectivity index (χ2v) is 7.50. The lowest BCUT2D eigenvalue weighted by Gasteiger charge is -2.25. The van der Waals surface area contributed by atoms with E-state index < -0.39 is 11.9 Å². The first-order chi connectivity index (χ1) is 11.8. The van der Waals surface area contributed by atoms with Crippen molar-refractivity contribution in [2.45, 2.75) is 19.8 Å². The molecule has 1 heterocycles. The van der Waals surface area contributed by atoms with E-state index in [1.54, 1.807) is 31.2 Å². The summed E-state index contributed by atoms with van der Waals surface area (Å²) in [5, 5.41) is 0.713. The molecule has 2 aromatic rings. The Bertz CT molecular complexity index is 934. The molecular weight excluding hydrogens is 427 g/mol. The third-order valence-electron chi connectivity index (χ3n) is 4.06. The van der Waals surface area contributed by atoms with Crippen LogP contribution < -0.4 is 0 Å². The Labute approximate surface area is 163 Å². The SMILES string of the molecule is CC1=C(c2ccc(Cl)c(Cl)c2)OC(=O)C(c2ccc(C)cc2Br)C1=O. The normalized spacial score (nSPS) is 17.7. The molecule has 3 rings (SSSR count). The summed E-state index contributed by atoms with van der Waals surface area (Å²) in [6.45, 7) is 3.57. The minimum absolute atomic E-state index is 0.216. The van der Waals surface area contributed by atoms with Crippen molar-refractivity contribution < 1.29 is 14.3 Å². The maximum absolute atomic E-state index is 12.9. The molecule has 128 valence electrons. The van der Waals surface area contributed by atoms with Crippen LogP contribution in [0.15, 0.2) is 46.4 Å². The van der Waals surface area contributed by atoms with Crippen LogP contribution in [0.25, 0.3) is 5.76 Å². The number of aryl methyl sites for hydroxylation is 1. The van der Waals surface area contributed by atoms with Gasteiger partial charge in [-0.25, -0.2) is 0 Å². The molecule has 3 nitrogen and oxygen atoms in total. The molecule has 2 aromatic carbocycles. The van der Waals surface area contributed by atoms with Gasteiger partial charge in [0.2, 0.25) is 0 Å². The number of esters is 1. The number of allylic oxidation sites excluding steroid dienone is 1. The van der Waals surface area contributed by atoms with Crippen molar-refractivity contribution in [3.05, 3.63) is 73.2 Å². The van der Waals surface area contributed by atoms with E-state index in [2.05, 4.69) is 15.9 Å². The molecule has 1 aliphatic heterocycles. The minimum Gasteiger partial charge on any atom is -0.425 e. The van der Waals surface area contributed by atoms with Gasteiger partial charge < -0.3 is 4.74 Å². The predicted octanol–water partition coefficient (Wildman–Crippen LogP) is 5.71. The zero-order chi connectivity index (χ0) is 18.3. The van der Waals surface area contributed by atoms with E-state index in [1.807, 2.05) is 19.1 Å². The molecule has 0 fully saturated rings. The van der Waals surface area contributed by atoms with E-state index in [-0.39, 0.29) is 11.5 Å². The first-order valence-electron chi connectivity index (χ1n) is 7.48. The zero-order valence-electron chi connectivity index (χ0n) is 13.4. The number of cyclic esters (lactones) is 1. The molecule has 0 aromatic heterocycles. The quantitative estimate of drug-likeness (QED) is 0.444. The molecule has 0 N–H and O–H groups in total. The summed E-state index contributed by atoms with van der Waals surface area (Å²) in [4.78, 5) is 25.4. The zero-order valence-corrected chi connectivity index (χ0v) is 16.5. The molecule has 1 atom stereocenters. The maximum Gasteiger partial charge on any atom is 0.326 e. The third kappa shape index (κ3) is 3.39. The lowest BCUT2D eigenvalue weighted by molar-refractivity contribution is -0.143. The molecule has 1 unspecified atom stereocenters. The van der Waals surface area contributed by atoms with Crippen LogP contribution in [-0.2, 0) is 14.3 Å².